The summed E-state index contributed by atoms with van der Waals surface area (Å²) in [6.07, 6.45) is 7.34. The van der Waals surface area contributed by atoms with Gasteiger partial charge in [-0.3, -0.25) is 0 Å². The van der Waals surface area contributed by atoms with Crippen LogP contribution < -0.4 is 0 Å². The van der Waals surface area contributed by atoms with Crippen molar-refractivity contribution < 1.29 is 0 Å². The highest BCUT2D eigenvalue weighted by Crippen LogP contribution is 2.47. The second kappa shape index (κ2) is 11.8. The molecule has 0 aliphatic heterocycles. The molecule has 0 saturated heterocycles. The average molecular weight is 597 g/mol. The highest BCUT2D eigenvalue weighted by atomic mass is 28.2. The van der Waals surface area contributed by atoms with Gasteiger partial charge in [0.15, 0.2) is 0 Å². The Balaban J connectivity index is 1.05. The van der Waals surface area contributed by atoms with Gasteiger partial charge in [-0.15, -0.1) is 0 Å². The average Bonchev–Trinajstić information content (AvgIpc) is 3.65. The zero-order valence-electron chi connectivity index (χ0n) is 26.4. The van der Waals surface area contributed by atoms with Gasteiger partial charge in [0.25, 0.3) is 0 Å². The molecule has 8 rings (SSSR count). The van der Waals surface area contributed by atoms with Crippen LogP contribution in [0.4, 0.5) is 0 Å². The van der Waals surface area contributed by atoms with E-state index in [2.05, 4.69) is 147 Å². The van der Waals surface area contributed by atoms with Crippen LogP contribution in [0.15, 0.2) is 132 Å². The summed E-state index contributed by atoms with van der Waals surface area (Å²) in [6.45, 7) is 4.70. The molecule has 2 aliphatic rings. The van der Waals surface area contributed by atoms with Crippen molar-refractivity contribution in [2.45, 2.75) is 50.6 Å². The Morgan fingerprint density at radius 1 is 0.467 bits per heavy atom. The smallest absolute Gasteiger partial charge is 0.0218 e. The molecule has 0 saturated carbocycles. The zero-order valence-corrected chi connectivity index (χ0v) is 27.8. The number of hydrogen-bond acceptors (Lipinski definition) is 0. The Morgan fingerprint density at radius 2 is 0.911 bits per heavy atom. The van der Waals surface area contributed by atoms with Crippen LogP contribution in [0.5, 0.6) is 0 Å². The topological polar surface area (TPSA) is 0 Å². The third kappa shape index (κ3) is 5.00. The molecule has 220 valence electrons. The van der Waals surface area contributed by atoms with E-state index in [9.17, 15) is 0 Å². The standard InChI is InChI=1S/C44H40Si/c1-3-29-25-41-37(35-21-19-31-11-5-7-13-33(31)23-35)15-9-17-39(41)43(29)27-45-28-44-30(4-2)26-42-38(16-10-18-40(42)44)36-22-20-32-12-6-8-14-34(32)24-36/h5-26,43-44H,3-4,27-28,45H2,1-2H3. The molecule has 0 fully saturated rings. The maximum absolute atomic E-state index is 2.54. The lowest BCUT2D eigenvalue weighted by atomic mass is 9.92. The number of rotatable bonds is 8. The molecule has 0 radical (unpaired) electrons. The lowest BCUT2D eigenvalue weighted by Crippen LogP contribution is -2.08. The van der Waals surface area contributed by atoms with Crippen molar-refractivity contribution in [3.63, 3.8) is 0 Å². The van der Waals surface area contributed by atoms with Crippen LogP contribution in [0, 0.1) is 0 Å². The number of hydrogen-bond donors (Lipinski definition) is 0. The van der Waals surface area contributed by atoms with Crippen molar-refractivity contribution in [3.8, 4) is 22.3 Å². The van der Waals surface area contributed by atoms with Gasteiger partial charge in [-0.05, 0) is 91.0 Å². The molecule has 1 heteroatoms. The molecule has 2 unspecified atom stereocenters. The Morgan fingerprint density at radius 3 is 1.36 bits per heavy atom. The van der Waals surface area contributed by atoms with E-state index in [4.69, 9.17) is 0 Å². The highest BCUT2D eigenvalue weighted by molar-refractivity contribution is 6.36. The Labute approximate surface area is 270 Å². The van der Waals surface area contributed by atoms with Crippen LogP contribution in [-0.2, 0) is 0 Å². The zero-order chi connectivity index (χ0) is 30.3. The molecule has 45 heavy (non-hydrogen) atoms. The van der Waals surface area contributed by atoms with E-state index in [-0.39, 0.29) is 9.52 Å². The second-order valence-electron chi connectivity index (χ2n) is 12.9. The molecule has 0 N–H and O–H groups in total. The summed E-state index contributed by atoms with van der Waals surface area (Å²) < 4.78 is 0. The Kier molecular flexibility index (Phi) is 7.35. The fourth-order valence-corrected chi connectivity index (χ4v) is 10.6. The largest absolute Gasteiger partial charge is 0.0626 e. The van der Waals surface area contributed by atoms with Crippen molar-refractivity contribution in [2.75, 3.05) is 0 Å². The summed E-state index contributed by atoms with van der Waals surface area (Å²) in [5, 5.41) is 5.24. The van der Waals surface area contributed by atoms with Crippen molar-refractivity contribution in [2.24, 2.45) is 0 Å². The van der Waals surface area contributed by atoms with Crippen molar-refractivity contribution in [1.82, 2.24) is 0 Å². The summed E-state index contributed by atoms with van der Waals surface area (Å²) in [6, 6.07) is 48.1. The molecule has 0 spiro atoms. The molecule has 0 amide bonds. The van der Waals surface area contributed by atoms with Gasteiger partial charge >= 0.3 is 0 Å². The van der Waals surface area contributed by atoms with Gasteiger partial charge in [0.1, 0.15) is 0 Å². The van der Waals surface area contributed by atoms with Gasteiger partial charge in [0.2, 0.25) is 0 Å². The molecule has 2 aliphatic carbocycles. The maximum Gasteiger partial charge on any atom is 0.0218 e. The molecule has 0 bridgehead atoms. The third-order valence-corrected chi connectivity index (χ3v) is 12.5. The van der Waals surface area contributed by atoms with Crippen molar-refractivity contribution in [3.05, 3.63) is 155 Å². The number of allylic oxidation sites excluding steroid dienone is 2. The molecule has 0 nitrogen and oxygen atoms in total. The predicted molar refractivity (Wildman–Crippen MR) is 199 cm³/mol. The minimum atomic E-state index is -0.296. The van der Waals surface area contributed by atoms with E-state index >= 15 is 0 Å². The Bertz CT molecular complexity index is 1970. The van der Waals surface area contributed by atoms with Gasteiger partial charge in [-0.25, -0.2) is 0 Å². The molecule has 6 aromatic carbocycles. The highest BCUT2D eigenvalue weighted by Gasteiger charge is 2.29. The van der Waals surface area contributed by atoms with E-state index in [1.165, 1.54) is 67.0 Å². The molecule has 0 heterocycles. The monoisotopic (exact) mass is 596 g/mol. The molecule has 2 atom stereocenters. The van der Waals surface area contributed by atoms with Crippen LogP contribution in [0.25, 0.3) is 56.0 Å². The van der Waals surface area contributed by atoms with Crippen LogP contribution in [0.3, 0.4) is 0 Å². The van der Waals surface area contributed by atoms with Gasteiger partial charge < -0.3 is 0 Å². The first-order valence-electron chi connectivity index (χ1n) is 16.9. The normalized spacial score (nSPS) is 17.2. The second-order valence-corrected chi connectivity index (χ2v) is 14.8. The van der Waals surface area contributed by atoms with Crippen LogP contribution in [0.2, 0.25) is 12.1 Å². The van der Waals surface area contributed by atoms with Gasteiger partial charge in [-0.2, -0.15) is 0 Å². The fourth-order valence-electron chi connectivity index (χ4n) is 8.19. The summed E-state index contributed by atoms with van der Waals surface area (Å²) in [4.78, 5) is 0. The first-order chi connectivity index (χ1) is 22.2. The summed E-state index contributed by atoms with van der Waals surface area (Å²) >= 11 is 0. The fraction of sp³-hybridized carbons (Fsp3) is 0.182. The van der Waals surface area contributed by atoms with Gasteiger partial charge in [0.05, 0.1) is 0 Å². The summed E-state index contributed by atoms with van der Waals surface area (Å²) in [5.41, 5.74) is 14.7. The minimum absolute atomic E-state index is 0.296. The first kappa shape index (κ1) is 28.0. The SMILES string of the molecule is CCC1=Cc2c(-c3ccc4ccccc4c3)cccc2C1C[SiH2]CC1C(CC)=Cc2c(-c3ccc4ccccc4c3)cccc21. The molecular formula is C44H40Si. The van der Waals surface area contributed by atoms with Crippen LogP contribution in [-0.4, -0.2) is 9.52 Å². The summed E-state index contributed by atoms with van der Waals surface area (Å²) in [7, 11) is -0.296. The first-order valence-corrected chi connectivity index (χ1v) is 18.9. The van der Waals surface area contributed by atoms with E-state index in [0.717, 1.165) is 12.8 Å². The van der Waals surface area contributed by atoms with Gasteiger partial charge in [0, 0.05) is 21.4 Å². The molecule has 6 aromatic rings. The maximum atomic E-state index is 2.54. The van der Waals surface area contributed by atoms with Crippen molar-refractivity contribution >= 4 is 43.2 Å². The van der Waals surface area contributed by atoms with Crippen LogP contribution >= 0.6 is 0 Å². The summed E-state index contributed by atoms with van der Waals surface area (Å²) in [5.74, 6) is 1.16. The lowest BCUT2D eigenvalue weighted by molar-refractivity contribution is 0.830. The van der Waals surface area contributed by atoms with Crippen molar-refractivity contribution in [1.29, 1.82) is 0 Å². The van der Waals surface area contributed by atoms with Gasteiger partial charge in [-0.1, -0.05) is 158 Å². The molecule has 0 aromatic heterocycles. The quantitative estimate of drug-likeness (QED) is 0.153. The van der Waals surface area contributed by atoms with E-state index in [0.29, 0.717) is 11.8 Å². The van der Waals surface area contributed by atoms with E-state index in [1.54, 1.807) is 22.3 Å². The Hall–Kier alpha value is -4.46. The lowest BCUT2D eigenvalue weighted by Gasteiger charge is -2.20. The third-order valence-electron chi connectivity index (χ3n) is 10.5. The number of fused-ring (bicyclic) bond motifs is 4. The molecular weight excluding hydrogens is 557 g/mol. The number of benzene rings is 6. The van der Waals surface area contributed by atoms with Crippen LogP contribution in [0.1, 0.15) is 60.8 Å². The predicted octanol–water partition coefficient (Wildman–Crippen LogP) is 11.8. The van der Waals surface area contributed by atoms with E-state index < -0.39 is 0 Å². The minimum Gasteiger partial charge on any atom is -0.0626 e. The van der Waals surface area contributed by atoms with E-state index in [1.807, 2.05) is 0 Å².